The number of aliphatic hydroxyl groups is 2. The summed E-state index contributed by atoms with van der Waals surface area (Å²) >= 11 is 0. The lowest BCUT2D eigenvalue weighted by molar-refractivity contribution is -0.0856. The number of hydrogen-bond donors (Lipinski definition) is 2. The molecule has 2 N–H and O–H groups in total. The topological polar surface area (TPSA) is 58.9 Å². The van der Waals surface area contributed by atoms with Crippen molar-refractivity contribution in [3.63, 3.8) is 0 Å². The van der Waals surface area contributed by atoms with Gasteiger partial charge in [-0.05, 0) is 19.8 Å². The van der Waals surface area contributed by atoms with Crippen LogP contribution >= 0.6 is 0 Å². The maximum absolute atomic E-state index is 8.56. The first-order valence-electron chi connectivity index (χ1n) is 6.17. The molecule has 0 saturated heterocycles. The van der Waals surface area contributed by atoms with Crippen LogP contribution in [0.3, 0.4) is 0 Å². The minimum Gasteiger partial charge on any atom is -0.394 e. The van der Waals surface area contributed by atoms with Gasteiger partial charge < -0.3 is 19.7 Å². The Morgan fingerprint density at radius 1 is 1.00 bits per heavy atom. The summed E-state index contributed by atoms with van der Waals surface area (Å²) in [7, 11) is 0. The molecule has 0 bridgehead atoms. The van der Waals surface area contributed by atoms with E-state index in [2.05, 4.69) is 13.8 Å². The van der Waals surface area contributed by atoms with Gasteiger partial charge in [0.05, 0.1) is 13.2 Å². The van der Waals surface area contributed by atoms with Crippen LogP contribution in [0.4, 0.5) is 0 Å². The largest absolute Gasteiger partial charge is 0.394 e. The summed E-state index contributed by atoms with van der Waals surface area (Å²) in [5, 5.41) is 16.8. The number of rotatable bonds is 9. The predicted molar refractivity (Wildman–Crippen MR) is 65.4 cm³/mol. The molecule has 0 saturated carbocycles. The molecule has 16 heavy (non-hydrogen) atoms. The van der Waals surface area contributed by atoms with Crippen molar-refractivity contribution in [2.45, 2.75) is 52.7 Å². The maximum atomic E-state index is 8.56. The van der Waals surface area contributed by atoms with E-state index in [4.69, 9.17) is 19.7 Å². The van der Waals surface area contributed by atoms with Crippen LogP contribution in [-0.2, 0) is 9.47 Å². The monoisotopic (exact) mass is 236 g/mol. The van der Waals surface area contributed by atoms with E-state index < -0.39 is 6.29 Å². The van der Waals surface area contributed by atoms with E-state index in [0.29, 0.717) is 13.2 Å². The van der Waals surface area contributed by atoms with Crippen molar-refractivity contribution >= 4 is 0 Å². The third-order valence-corrected chi connectivity index (χ3v) is 1.73. The zero-order valence-corrected chi connectivity index (χ0v) is 10.9. The molecule has 0 aromatic heterocycles. The number of hydrogen-bond acceptors (Lipinski definition) is 4. The third-order valence-electron chi connectivity index (χ3n) is 1.73. The average molecular weight is 236 g/mol. The Morgan fingerprint density at radius 3 is 2.00 bits per heavy atom. The van der Waals surface area contributed by atoms with E-state index in [1.54, 1.807) is 6.92 Å². The first kappa shape index (κ1) is 18.2. The van der Waals surface area contributed by atoms with Crippen LogP contribution in [0.25, 0.3) is 0 Å². The molecule has 0 rings (SSSR count). The fourth-order valence-electron chi connectivity index (χ4n) is 0.811. The van der Waals surface area contributed by atoms with Gasteiger partial charge in [0, 0.05) is 13.2 Å². The quantitative estimate of drug-likeness (QED) is 0.474. The number of unbranched alkanes of at least 4 members (excludes halogenated alkanes) is 2. The molecule has 100 valence electrons. The first-order valence-corrected chi connectivity index (χ1v) is 6.17. The van der Waals surface area contributed by atoms with Crippen LogP contribution in [-0.4, -0.2) is 42.9 Å². The highest BCUT2D eigenvalue weighted by Gasteiger charge is 1.90. The molecule has 1 atom stereocenters. The lowest BCUT2D eigenvalue weighted by Crippen LogP contribution is -2.06. The summed E-state index contributed by atoms with van der Waals surface area (Å²) in [6, 6.07) is 0. The van der Waals surface area contributed by atoms with Crippen molar-refractivity contribution in [2.75, 3.05) is 26.4 Å². The Hall–Kier alpha value is -0.160. The summed E-state index contributed by atoms with van der Waals surface area (Å²) in [5.74, 6) is 0. The van der Waals surface area contributed by atoms with Crippen LogP contribution in [0.15, 0.2) is 0 Å². The van der Waals surface area contributed by atoms with Gasteiger partial charge in [-0.1, -0.05) is 26.7 Å². The summed E-state index contributed by atoms with van der Waals surface area (Å²) in [5.41, 5.74) is 0. The van der Waals surface area contributed by atoms with Crippen LogP contribution in [0.1, 0.15) is 46.5 Å². The number of ether oxygens (including phenoxy) is 2. The van der Waals surface area contributed by atoms with Gasteiger partial charge in [0.25, 0.3) is 0 Å². The van der Waals surface area contributed by atoms with Crippen molar-refractivity contribution < 1.29 is 19.7 Å². The fourth-order valence-corrected chi connectivity index (χ4v) is 0.811. The highest BCUT2D eigenvalue weighted by Crippen LogP contribution is 1.90. The predicted octanol–water partition coefficient (Wildman–Crippen LogP) is 1.94. The summed E-state index contributed by atoms with van der Waals surface area (Å²) in [4.78, 5) is 0. The molecule has 0 amide bonds. The molecule has 0 heterocycles. The molecule has 4 heteroatoms. The van der Waals surface area contributed by atoms with E-state index in [-0.39, 0.29) is 6.61 Å². The normalized spacial score (nSPS) is 11.8. The van der Waals surface area contributed by atoms with Crippen molar-refractivity contribution in [3.8, 4) is 0 Å². The second kappa shape index (κ2) is 17.2. The van der Waals surface area contributed by atoms with Gasteiger partial charge >= 0.3 is 0 Å². The van der Waals surface area contributed by atoms with E-state index in [9.17, 15) is 0 Å². The Bertz CT molecular complexity index is 101. The molecular weight excluding hydrogens is 208 g/mol. The average Bonchev–Trinajstić information content (AvgIpc) is 2.25. The zero-order valence-electron chi connectivity index (χ0n) is 10.9. The van der Waals surface area contributed by atoms with Crippen molar-refractivity contribution in [2.24, 2.45) is 0 Å². The molecule has 0 aromatic rings. The van der Waals surface area contributed by atoms with E-state index in [1.165, 1.54) is 0 Å². The van der Waals surface area contributed by atoms with Gasteiger partial charge in [0.2, 0.25) is 0 Å². The van der Waals surface area contributed by atoms with Gasteiger partial charge in [0.1, 0.15) is 0 Å². The zero-order chi connectivity index (χ0) is 12.6. The van der Waals surface area contributed by atoms with Gasteiger partial charge in [-0.25, -0.2) is 0 Å². The number of aliphatic hydroxyl groups excluding tert-OH is 2. The minimum absolute atomic E-state index is 0.143. The molecule has 0 aliphatic rings. The minimum atomic E-state index is -0.596. The molecule has 0 spiro atoms. The molecule has 0 aliphatic carbocycles. The molecule has 0 aromatic carbocycles. The van der Waals surface area contributed by atoms with Crippen molar-refractivity contribution in [3.05, 3.63) is 0 Å². The SMILES string of the molecule is CCCCOC(C)O.CCCCOCCO. The van der Waals surface area contributed by atoms with Gasteiger partial charge in [-0.2, -0.15) is 0 Å². The second-order valence-corrected chi connectivity index (χ2v) is 3.51. The Kier molecular flexibility index (Phi) is 19.6. The summed E-state index contributed by atoms with van der Waals surface area (Å²) in [6.07, 6.45) is 3.81. The highest BCUT2D eigenvalue weighted by molar-refractivity contribution is 4.31. The molecule has 1 unspecified atom stereocenters. The first-order chi connectivity index (χ1) is 7.68. The Balaban J connectivity index is 0. The van der Waals surface area contributed by atoms with Crippen LogP contribution < -0.4 is 0 Å². The summed E-state index contributed by atoms with van der Waals surface area (Å²) < 4.78 is 9.81. The van der Waals surface area contributed by atoms with E-state index in [0.717, 1.165) is 32.3 Å². The van der Waals surface area contributed by atoms with Gasteiger partial charge in [-0.15, -0.1) is 0 Å². The lowest BCUT2D eigenvalue weighted by Gasteiger charge is -2.03. The summed E-state index contributed by atoms with van der Waals surface area (Å²) in [6.45, 7) is 7.91. The molecule has 0 aliphatic heterocycles. The lowest BCUT2D eigenvalue weighted by atomic mass is 10.4. The van der Waals surface area contributed by atoms with Crippen molar-refractivity contribution in [1.29, 1.82) is 0 Å². The molecule has 0 radical (unpaired) electrons. The van der Waals surface area contributed by atoms with E-state index >= 15 is 0 Å². The van der Waals surface area contributed by atoms with Crippen LogP contribution in [0, 0.1) is 0 Å². The van der Waals surface area contributed by atoms with Crippen LogP contribution in [0.5, 0.6) is 0 Å². The second-order valence-electron chi connectivity index (χ2n) is 3.51. The van der Waals surface area contributed by atoms with Gasteiger partial charge in [0.15, 0.2) is 6.29 Å². The van der Waals surface area contributed by atoms with Crippen LogP contribution in [0.2, 0.25) is 0 Å². The van der Waals surface area contributed by atoms with Gasteiger partial charge in [-0.3, -0.25) is 0 Å². The molecule has 0 fully saturated rings. The van der Waals surface area contributed by atoms with Crippen molar-refractivity contribution in [1.82, 2.24) is 0 Å². The standard InChI is InChI=1S/2C6H14O2/c1-3-4-5-8-6(2)7;1-2-3-5-8-6-4-7/h6-7H,3-5H2,1-2H3;7H,2-6H2,1H3. The third kappa shape index (κ3) is 23.6. The molecule has 4 nitrogen and oxygen atoms in total. The highest BCUT2D eigenvalue weighted by atomic mass is 16.6. The Labute approximate surface area is 99.6 Å². The fraction of sp³-hybridized carbons (Fsp3) is 1.00. The smallest absolute Gasteiger partial charge is 0.151 e. The maximum Gasteiger partial charge on any atom is 0.151 e. The Morgan fingerprint density at radius 2 is 1.56 bits per heavy atom. The van der Waals surface area contributed by atoms with E-state index in [1.807, 2.05) is 0 Å². The molecular formula is C12H28O4.